The zero-order chi connectivity index (χ0) is 26.6. The van der Waals surface area contributed by atoms with E-state index in [0.717, 1.165) is 57.8 Å². The topological polar surface area (TPSA) is 116 Å². The summed E-state index contributed by atoms with van der Waals surface area (Å²) < 4.78 is 0. The van der Waals surface area contributed by atoms with Gasteiger partial charge < -0.3 is 21.3 Å². The van der Waals surface area contributed by atoms with Crippen LogP contribution in [-0.4, -0.2) is 49.8 Å². The molecule has 1 saturated heterocycles. The first-order chi connectivity index (χ1) is 17.8. The Hall–Kier alpha value is -2.12. The molecule has 8 nitrogen and oxygen atoms in total. The summed E-state index contributed by atoms with van der Waals surface area (Å²) in [7, 11) is 0. The first kappa shape index (κ1) is 29.4. The summed E-state index contributed by atoms with van der Waals surface area (Å²) in [6.07, 6.45) is 12.6. The molecule has 8 heteroatoms. The molecule has 3 fully saturated rings. The fraction of sp³-hybridized carbons (Fsp3) is 0.862. The molecule has 1 aliphatic heterocycles. The van der Waals surface area contributed by atoms with Crippen LogP contribution in [0.3, 0.4) is 0 Å². The lowest BCUT2D eigenvalue weighted by Crippen LogP contribution is -2.42. The highest BCUT2D eigenvalue weighted by Crippen LogP contribution is 2.37. The van der Waals surface area contributed by atoms with Crippen molar-refractivity contribution in [1.29, 1.82) is 0 Å². The van der Waals surface area contributed by atoms with E-state index in [-0.39, 0.29) is 47.3 Å². The molecule has 210 valence electrons. The average molecular weight is 519 g/mol. The highest BCUT2D eigenvalue weighted by atomic mass is 16.2. The molecule has 37 heavy (non-hydrogen) atoms. The molecule has 3 rings (SSSR count). The third-order valence-corrected chi connectivity index (χ3v) is 8.89. The van der Waals surface area contributed by atoms with Crippen molar-refractivity contribution in [1.82, 2.24) is 21.3 Å². The van der Waals surface area contributed by atoms with Gasteiger partial charge in [-0.05, 0) is 43.9 Å². The minimum Gasteiger partial charge on any atom is -0.354 e. The lowest BCUT2D eigenvalue weighted by atomic mass is 9.77. The van der Waals surface area contributed by atoms with E-state index in [1.165, 1.54) is 19.3 Å². The second kappa shape index (κ2) is 15.3. The summed E-state index contributed by atoms with van der Waals surface area (Å²) in [4.78, 5) is 51.5. The summed E-state index contributed by atoms with van der Waals surface area (Å²) in [5, 5.41) is 12.0. The number of hydrogen-bond acceptors (Lipinski definition) is 4. The number of carbonyl (C=O) groups excluding carboxylic acids is 4. The van der Waals surface area contributed by atoms with Gasteiger partial charge in [-0.2, -0.15) is 0 Å². The zero-order valence-corrected chi connectivity index (χ0v) is 23.1. The maximum Gasteiger partial charge on any atom is 0.223 e. The Kier molecular flexibility index (Phi) is 12.2. The van der Waals surface area contributed by atoms with Crippen molar-refractivity contribution in [2.45, 2.75) is 97.3 Å². The van der Waals surface area contributed by atoms with Crippen LogP contribution >= 0.6 is 0 Å². The minimum absolute atomic E-state index is 0.0181. The molecular formula is C29H50N4O4. The largest absolute Gasteiger partial charge is 0.354 e. The normalized spacial score (nSPS) is 34.5. The van der Waals surface area contributed by atoms with Crippen molar-refractivity contribution in [3.05, 3.63) is 0 Å². The molecule has 4 amide bonds. The number of amides is 4. The summed E-state index contributed by atoms with van der Waals surface area (Å²) in [6, 6.07) is 0. The maximum atomic E-state index is 12.9. The van der Waals surface area contributed by atoms with E-state index in [1.54, 1.807) is 0 Å². The summed E-state index contributed by atoms with van der Waals surface area (Å²) in [5.74, 6) is 0.364. The van der Waals surface area contributed by atoms with Crippen LogP contribution in [0, 0.1) is 35.5 Å². The van der Waals surface area contributed by atoms with E-state index in [1.807, 2.05) is 13.8 Å². The summed E-state index contributed by atoms with van der Waals surface area (Å²) >= 11 is 0. The Morgan fingerprint density at radius 1 is 0.459 bits per heavy atom. The molecule has 6 atom stereocenters. The van der Waals surface area contributed by atoms with Gasteiger partial charge >= 0.3 is 0 Å². The number of nitrogens with one attached hydrogen (secondary N) is 4. The van der Waals surface area contributed by atoms with Crippen molar-refractivity contribution >= 4 is 23.6 Å². The van der Waals surface area contributed by atoms with E-state index in [0.29, 0.717) is 44.4 Å². The van der Waals surface area contributed by atoms with Crippen LogP contribution in [0.25, 0.3) is 0 Å². The third kappa shape index (κ3) is 9.60. The van der Waals surface area contributed by atoms with Gasteiger partial charge in [0.1, 0.15) is 0 Å². The molecule has 0 spiro atoms. The van der Waals surface area contributed by atoms with Crippen LogP contribution in [0.1, 0.15) is 97.3 Å². The zero-order valence-electron chi connectivity index (χ0n) is 23.1. The minimum atomic E-state index is -0.187. The Bertz CT molecular complexity index is 713. The fourth-order valence-corrected chi connectivity index (χ4v) is 6.60. The molecule has 2 aliphatic carbocycles. The molecule has 4 N–H and O–H groups in total. The number of carbonyl (C=O) groups is 4. The highest BCUT2D eigenvalue weighted by molar-refractivity contribution is 5.82. The Morgan fingerprint density at radius 3 is 1.22 bits per heavy atom. The smallest absolute Gasteiger partial charge is 0.223 e. The SMILES string of the molecule is CC1CC2CCCCCC2CC(C)C(=O)NCCNC(=O)C2CCCCCC(C2)C(=O)NCCNC1=O. The molecule has 2 bridgehead atoms. The molecule has 0 aromatic carbocycles. The quantitative estimate of drug-likeness (QED) is 0.394. The van der Waals surface area contributed by atoms with Gasteiger partial charge in [0.15, 0.2) is 0 Å². The average Bonchev–Trinajstić information content (AvgIpc) is 3.08. The number of fused-ring (bicyclic) bond motifs is 3. The Balaban J connectivity index is 1.68. The molecule has 1 heterocycles. The highest BCUT2D eigenvalue weighted by Gasteiger charge is 2.31. The Labute approximate surface area is 223 Å². The molecule has 2 saturated carbocycles. The Morgan fingerprint density at radius 2 is 0.811 bits per heavy atom. The van der Waals surface area contributed by atoms with Crippen molar-refractivity contribution in [3.8, 4) is 0 Å². The third-order valence-electron chi connectivity index (χ3n) is 8.89. The predicted octanol–water partition coefficient (Wildman–Crippen LogP) is 3.30. The lowest BCUT2D eigenvalue weighted by Gasteiger charge is -2.29. The molecule has 0 radical (unpaired) electrons. The van der Waals surface area contributed by atoms with Crippen molar-refractivity contribution in [2.75, 3.05) is 26.2 Å². The second-order valence-electron chi connectivity index (χ2n) is 11.9. The van der Waals surface area contributed by atoms with Crippen LogP contribution in [0.5, 0.6) is 0 Å². The molecule has 0 aromatic rings. The van der Waals surface area contributed by atoms with Gasteiger partial charge in [-0.3, -0.25) is 19.2 Å². The van der Waals surface area contributed by atoms with E-state index in [2.05, 4.69) is 21.3 Å². The molecule has 0 aromatic heterocycles. The van der Waals surface area contributed by atoms with Gasteiger partial charge in [-0.25, -0.2) is 0 Å². The van der Waals surface area contributed by atoms with Crippen LogP contribution in [0.2, 0.25) is 0 Å². The van der Waals surface area contributed by atoms with Gasteiger partial charge in [-0.15, -0.1) is 0 Å². The van der Waals surface area contributed by atoms with Gasteiger partial charge in [0.25, 0.3) is 0 Å². The number of hydrogen-bond donors (Lipinski definition) is 4. The molecule has 6 unspecified atom stereocenters. The van der Waals surface area contributed by atoms with E-state index >= 15 is 0 Å². The van der Waals surface area contributed by atoms with Gasteiger partial charge in [0.05, 0.1) is 0 Å². The van der Waals surface area contributed by atoms with Crippen LogP contribution < -0.4 is 21.3 Å². The van der Waals surface area contributed by atoms with Crippen LogP contribution in [-0.2, 0) is 19.2 Å². The fourth-order valence-electron chi connectivity index (χ4n) is 6.60. The summed E-state index contributed by atoms with van der Waals surface area (Å²) in [6.45, 7) is 5.64. The van der Waals surface area contributed by atoms with E-state index in [9.17, 15) is 19.2 Å². The van der Waals surface area contributed by atoms with Crippen molar-refractivity contribution in [2.24, 2.45) is 35.5 Å². The van der Waals surface area contributed by atoms with Gasteiger partial charge in [0.2, 0.25) is 23.6 Å². The van der Waals surface area contributed by atoms with Crippen molar-refractivity contribution < 1.29 is 19.2 Å². The van der Waals surface area contributed by atoms with Gasteiger partial charge in [0, 0.05) is 49.9 Å². The molecular weight excluding hydrogens is 468 g/mol. The van der Waals surface area contributed by atoms with Crippen LogP contribution in [0.4, 0.5) is 0 Å². The predicted molar refractivity (Wildman–Crippen MR) is 144 cm³/mol. The maximum absolute atomic E-state index is 12.9. The van der Waals surface area contributed by atoms with E-state index < -0.39 is 0 Å². The molecule has 3 aliphatic rings. The first-order valence-corrected chi connectivity index (χ1v) is 15.0. The number of rotatable bonds is 0. The lowest BCUT2D eigenvalue weighted by molar-refractivity contribution is -0.130. The summed E-state index contributed by atoms with van der Waals surface area (Å²) in [5.41, 5.74) is 0. The second-order valence-corrected chi connectivity index (χ2v) is 11.9. The standard InChI is InChI=1S/C29H50N4O4/c1-20-17-22-9-5-3-6-10-23(22)18-21(2)27(35)31-14-16-33-29(37)25-12-8-4-7-11-24(19-25)28(36)32-15-13-30-26(20)34/h20-25H,3-19H2,1-2H3,(H,30,34)(H,31,35)(H,32,36)(H,33,37). The van der Waals surface area contributed by atoms with Crippen molar-refractivity contribution in [3.63, 3.8) is 0 Å². The van der Waals surface area contributed by atoms with Gasteiger partial charge in [-0.1, -0.05) is 65.2 Å². The monoisotopic (exact) mass is 518 g/mol. The van der Waals surface area contributed by atoms with E-state index in [4.69, 9.17) is 0 Å². The first-order valence-electron chi connectivity index (χ1n) is 15.0. The van der Waals surface area contributed by atoms with Crippen LogP contribution in [0.15, 0.2) is 0 Å².